The maximum absolute atomic E-state index is 12.8. The quantitative estimate of drug-likeness (QED) is 0.569. The first kappa shape index (κ1) is 24.8. The van der Waals surface area contributed by atoms with E-state index in [2.05, 4.69) is 5.32 Å². The number of sulfonamides is 1. The molecule has 2 aromatic carbocycles. The molecule has 33 heavy (non-hydrogen) atoms. The summed E-state index contributed by atoms with van der Waals surface area (Å²) in [5.74, 6) is 0.173. The van der Waals surface area contributed by atoms with Gasteiger partial charge in [-0.3, -0.25) is 9.10 Å². The molecule has 3 aromatic rings. The van der Waals surface area contributed by atoms with E-state index >= 15 is 0 Å². The fourth-order valence-electron chi connectivity index (χ4n) is 4.06. The van der Waals surface area contributed by atoms with Crippen LogP contribution in [0.3, 0.4) is 0 Å². The summed E-state index contributed by atoms with van der Waals surface area (Å²) in [6.07, 6.45) is 1.30. The summed E-state index contributed by atoms with van der Waals surface area (Å²) in [7, 11) is -1.97. The highest BCUT2D eigenvalue weighted by Gasteiger charge is 2.33. The van der Waals surface area contributed by atoms with Gasteiger partial charge in [0.25, 0.3) is 5.91 Å². The molecule has 7 nitrogen and oxygen atoms in total. The third-order valence-electron chi connectivity index (χ3n) is 5.66. The molecule has 1 amide bonds. The first-order valence-electron chi connectivity index (χ1n) is 11.3. The molecule has 0 fully saturated rings. The van der Waals surface area contributed by atoms with Crippen molar-refractivity contribution in [1.29, 1.82) is 0 Å². The van der Waals surface area contributed by atoms with Crippen LogP contribution in [0.5, 0.6) is 0 Å². The third-order valence-corrected chi connectivity index (χ3v) is 6.80. The topological polar surface area (TPSA) is 88.9 Å². The number of anilines is 1. The Kier molecular flexibility index (Phi) is 7.49. The van der Waals surface area contributed by atoms with Crippen LogP contribution in [0.15, 0.2) is 46.9 Å². The molecule has 2 atom stereocenters. The predicted octanol–water partition coefficient (Wildman–Crippen LogP) is 5.12. The van der Waals surface area contributed by atoms with Crippen molar-refractivity contribution in [3.05, 3.63) is 53.6 Å². The molecule has 1 aromatic heterocycles. The van der Waals surface area contributed by atoms with Crippen LogP contribution >= 0.6 is 0 Å². The summed E-state index contributed by atoms with van der Waals surface area (Å²) in [5, 5.41) is 3.31. The smallest absolute Gasteiger partial charge is 0.255 e. The molecule has 0 saturated heterocycles. The Morgan fingerprint density at radius 2 is 1.85 bits per heavy atom. The monoisotopic (exact) mass is 472 g/mol. The van der Waals surface area contributed by atoms with E-state index in [9.17, 15) is 13.2 Å². The normalized spacial score (nSPS) is 18.2. The van der Waals surface area contributed by atoms with Crippen LogP contribution in [0.25, 0.3) is 22.3 Å². The number of nitrogens with zero attached hydrogens (tertiary/aromatic N) is 1. The van der Waals surface area contributed by atoms with E-state index in [-0.39, 0.29) is 24.7 Å². The number of hydrogen-bond acceptors (Lipinski definition) is 5. The molecule has 0 spiro atoms. The molecule has 0 saturated carbocycles. The zero-order valence-corrected chi connectivity index (χ0v) is 20.8. The fraction of sp³-hybridized carbons (Fsp3) is 0.400. The lowest BCUT2D eigenvalue weighted by Crippen LogP contribution is -2.36. The van der Waals surface area contributed by atoms with Crippen molar-refractivity contribution in [3.8, 4) is 11.3 Å². The number of amides is 1. The van der Waals surface area contributed by atoms with Gasteiger partial charge in [-0.15, -0.1) is 0 Å². The second-order valence-corrected chi connectivity index (χ2v) is 9.67. The van der Waals surface area contributed by atoms with Crippen molar-refractivity contribution in [3.63, 3.8) is 0 Å². The van der Waals surface area contributed by atoms with Crippen molar-refractivity contribution < 1.29 is 22.4 Å². The summed E-state index contributed by atoms with van der Waals surface area (Å²) < 4.78 is 38.9. The molecular weight excluding hydrogens is 440 g/mol. The Labute approximate surface area is 195 Å². The van der Waals surface area contributed by atoms with Gasteiger partial charge in [0, 0.05) is 29.6 Å². The molecule has 1 N–H and O–H groups in total. The summed E-state index contributed by atoms with van der Waals surface area (Å²) >= 11 is 0. The number of benzene rings is 2. The minimum Gasteiger partial charge on any atom is -0.455 e. The molecule has 2 heterocycles. The molecule has 1 aliphatic rings. The fourth-order valence-corrected chi connectivity index (χ4v) is 5.01. The molecule has 178 valence electrons. The average Bonchev–Trinajstić information content (AvgIpc) is 3.12. The van der Waals surface area contributed by atoms with Gasteiger partial charge in [-0.2, -0.15) is 0 Å². The van der Waals surface area contributed by atoms with Gasteiger partial charge in [0.05, 0.1) is 36.3 Å². The highest BCUT2D eigenvalue weighted by molar-refractivity contribution is 7.92. The molecular formula is C25H32N2O5S. The van der Waals surface area contributed by atoms with Gasteiger partial charge in [-0.25, -0.2) is 8.42 Å². The third kappa shape index (κ3) is 4.77. The second kappa shape index (κ2) is 9.97. The number of fused-ring (bicyclic) bond motifs is 2. The molecule has 0 aliphatic carbocycles. The molecule has 0 radical (unpaired) electrons. The van der Waals surface area contributed by atoms with Crippen molar-refractivity contribution in [1.82, 2.24) is 5.32 Å². The summed E-state index contributed by atoms with van der Waals surface area (Å²) in [6.45, 7) is 8.10. The second-order valence-electron chi connectivity index (χ2n) is 7.76. The van der Waals surface area contributed by atoms with Gasteiger partial charge in [-0.1, -0.05) is 51.1 Å². The first-order chi connectivity index (χ1) is 15.7. The van der Waals surface area contributed by atoms with Crippen molar-refractivity contribution >= 4 is 32.6 Å². The zero-order valence-electron chi connectivity index (χ0n) is 20.0. The van der Waals surface area contributed by atoms with E-state index in [0.29, 0.717) is 40.0 Å². The Morgan fingerprint density at radius 3 is 2.42 bits per heavy atom. The SMILES string of the molecule is CC.CC[C@@H]1CN(S(C)(=O)=O)c2cc3oc(-c4ccccc4)c(C(=O)NC)c3cc2[C@H](C)O1. The van der Waals surface area contributed by atoms with Crippen LogP contribution < -0.4 is 9.62 Å². The number of hydrogen-bond donors (Lipinski definition) is 1. The lowest BCUT2D eigenvalue weighted by Gasteiger charge is -2.24. The first-order valence-corrected chi connectivity index (χ1v) is 13.1. The number of carbonyl (C=O) groups excluding carboxylic acids is 1. The minimum absolute atomic E-state index is 0.229. The van der Waals surface area contributed by atoms with Crippen LogP contribution in [0.2, 0.25) is 0 Å². The highest BCUT2D eigenvalue weighted by atomic mass is 32.2. The van der Waals surface area contributed by atoms with Gasteiger partial charge >= 0.3 is 0 Å². The number of rotatable bonds is 4. The van der Waals surface area contributed by atoms with E-state index in [1.165, 1.54) is 10.6 Å². The number of furan rings is 1. The number of nitrogens with one attached hydrogen (secondary N) is 1. The van der Waals surface area contributed by atoms with Crippen LogP contribution in [0.4, 0.5) is 5.69 Å². The Hall–Kier alpha value is -2.84. The Morgan fingerprint density at radius 1 is 1.18 bits per heavy atom. The van der Waals surface area contributed by atoms with Gasteiger partial charge in [0.2, 0.25) is 10.0 Å². The summed E-state index contributed by atoms with van der Waals surface area (Å²) in [4.78, 5) is 12.8. The van der Waals surface area contributed by atoms with Crippen LogP contribution in [-0.2, 0) is 14.8 Å². The molecule has 4 rings (SSSR count). The van der Waals surface area contributed by atoms with Crippen molar-refractivity contribution in [2.45, 2.75) is 46.3 Å². The van der Waals surface area contributed by atoms with Crippen molar-refractivity contribution in [2.75, 3.05) is 24.2 Å². The van der Waals surface area contributed by atoms with E-state index in [1.54, 1.807) is 13.1 Å². The van der Waals surface area contributed by atoms with Gasteiger partial charge in [0.1, 0.15) is 11.3 Å². The molecule has 0 unspecified atom stereocenters. The maximum Gasteiger partial charge on any atom is 0.255 e. The largest absolute Gasteiger partial charge is 0.455 e. The van der Waals surface area contributed by atoms with Crippen LogP contribution in [0.1, 0.15) is 56.1 Å². The van der Waals surface area contributed by atoms with Crippen LogP contribution in [-0.4, -0.2) is 40.3 Å². The lowest BCUT2D eigenvalue weighted by molar-refractivity contribution is 0.00493. The lowest BCUT2D eigenvalue weighted by atomic mass is 10.0. The van der Waals surface area contributed by atoms with E-state index in [0.717, 1.165) is 5.56 Å². The van der Waals surface area contributed by atoms with Crippen LogP contribution in [0, 0.1) is 0 Å². The predicted molar refractivity (Wildman–Crippen MR) is 132 cm³/mol. The molecule has 8 heteroatoms. The van der Waals surface area contributed by atoms with Gasteiger partial charge in [0.15, 0.2) is 0 Å². The number of carbonyl (C=O) groups is 1. The summed E-state index contributed by atoms with van der Waals surface area (Å²) in [5.41, 5.74) is 2.87. The summed E-state index contributed by atoms with van der Waals surface area (Å²) in [6, 6.07) is 12.9. The van der Waals surface area contributed by atoms with E-state index in [4.69, 9.17) is 9.15 Å². The zero-order chi connectivity index (χ0) is 24.3. The van der Waals surface area contributed by atoms with Gasteiger partial charge < -0.3 is 14.5 Å². The average molecular weight is 473 g/mol. The number of ether oxygens (including phenoxy) is 1. The highest BCUT2D eigenvalue weighted by Crippen LogP contribution is 2.42. The maximum atomic E-state index is 12.8. The Bertz CT molecular complexity index is 1230. The van der Waals surface area contributed by atoms with Gasteiger partial charge in [-0.05, 0) is 19.4 Å². The molecule has 1 aliphatic heterocycles. The van der Waals surface area contributed by atoms with E-state index in [1.807, 2.05) is 64.1 Å². The Balaban J connectivity index is 0.00000149. The van der Waals surface area contributed by atoms with Crippen molar-refractivity contribution in [2.24, 2.45) is 0 Å². The molecule has 0 bridgehead atoms. The standard InChI is InChI=1S/C23H26N2O5S.C2H6/c1-5-16-13-25(31(4,27)28)19-12-20-18(11-17(19)14(2)29-16)21(23(26)24-3)22(30-20)15-9-7-6-8-10-15;1-2/h6-12,14,16H,5,13H2,1-4H3,(H,24,26);1-2H3/t14-,16+;/m0./s1. The minimum atomic E-state index is -3.54. The van der Waals surface area contributed by atoms with E-state index < -0.39 is 10.0 Å².